The Hall–Kier alpha value is -2.10. The Labute approximate surface area is 154 Å². The molecule has 0 spiro atoms. The van der Waals surface area contributed by atoms with Gasteiger partial charge in [-0.25, -0.2) is 21.6 Å². The molecule has 7 nitrogen and oxygen atoms in total. The molecule has 1 N–H and O–H groups in total. The fourth-order valence-corrected chi connectivity index (χ4v) is 4.34. The van der Waals surface area contributed by atoms with E-state index in [4.69, 9.17) is 4.74 Å². The first kappa shape index (κ1) is 20.2. The molecule has 26 heavy (non-hydrogen) atoms. The predicted octanol–water partition coefficient (Wildman–Crippen LogP) is 1.75. The number of nitrogens with zero attached hydrogens (tertiary/aromatic N) is 1. The number of benzene rings is 2. The highest BCUT2D eigenvalue weighted by Crippen LogP contribution is 2.29. The molecule has 9 heteroatoms. The van der Waals surface area contributed by atoms with Gasteiger partial charge in [0.1, 0.15) is 5.75 Å². The largest absolute Gasteiger partial charge is 0.495 e. The lowest BCUT2D eigenvalue weighted by Gasteiger charge is -2.24. The van der Waals surface area contributed by atoms with E-state index in [2.05, 4.69) is 4.72 Å². The molecule has 0 unspecified atom stereocenters. The summed E-state index contributed by atoms with van der Waals surface area (Å²) < 4.78 is 57.7. The fraction of sp³-hybridized carbons (Fsp3) is 0.294. The first-order valence-corrected chi connectivity index (χ1v) is 11.2. The smallest absolute Gasteiger partial charge is 0.240 e. The lowest BCUT2D eigenvalue weighted by atomic mass is 10.2. The average Bonchev–Trinajstić information content (AvgIpc) is 2.58. The molecule has 2 aromatic rings. The number of hydrogen-bond donors (Lipinski definition) is 1. The van der Waals surface area contributed by atoms with Crippen molar-refractivity contribution in [3.63, 3.8) is 0 Å². The summed E-state index contributed by atoms with van der Waals surface area (Å²) in [7, 11) is -5.90. The van der Waals surface area contributed by atoms with E-state index in [1.165, 1.54) is 19.2 Å². The maximum absolute atomic E-state index is 12.3. The molecule has 2 aromatic carbocycles. The van der Waals surface area contributed by atoms with Crippen LogP contribution in [-0.2, 0) is 20.0 Å². The second-order valence-electron chi connectivity index (χ2n) is 5.72. The Kier molecular flexibility index (Phi) is 6.27. The van der Waals surface area contributed by atoms with Crippen LogP contribution in [0.2, 0.25) is 0 Å². The monoisotopic (exact) mass is 398 g/mol. The number of sulfonamides is 2. The molecule has 0 saturated heterocycles. The van der Waals surface area contributed by atoms with E-state index >= 15 is 0 Å². The Morgan fingerprint density at radius 1 is 1.00 bits per heavy atom. The van der Waals surface area contributed by atoms with Crippen LogP contribution in [0.3, 0.4) is 0 Å². The van der Waals surface area contributed by atoms with Crippen molar-refractivity contribution in [1.29, 1.82) is 0 Å². The zero-order valence-corrected chi connectivity index (χ0v) is 16.5. The third kappa shape index (κ3) is 4.96. The SMILES string of the molecule is COc1ccccc1N(CCNS(=O)(=O)c1ccc(C)cc1)S(C)(=O)=O. The van der Waals surface area contributed by atoms with Gasteiger partial charge in [-0.05, 0) is 31.2 Å². The van der Waals surface area contributed by atoms with E-state index in [1.807, 2.05) is 6.92 Å². The number of hydrogen-bond acceptors (Lipinski definition) is 5. The summed E-state index contributed by atoms with van der Waals surface area (Å²) in [6.45, 7) is 1.71. The van der Waals surface area contributed by atoms with Crippen LogP contribution in [0.15, 0.2) is 53.4 Å². The number of anilines is 1. The van der Waals surface area contributed by atoms with Crippen molar-refractivity contribution in [3.05, 3.63) is 54.1 Å². The molecule has 0 fully saturated rings. The van der Waals surface area contributed by atoms with Gasteiger partial charge in [0.05, 0.1) is 23.9 Å². The third-order valence-electron chi connectivity index (χ3n) is 3.69. The second kappa shape index (κ2) is 8.07. The van der Waals surface area contributed by atoms with E-state index in [0.717, 1.165) is 16.1 Å². The number of para-hydroxylation sites is 2. The van der Waals surface area contributed by atoms with Crippen LogP contribution < -0.4 is 13.8 Å². The van der Waals surface area contributed by atoms with E-state index in [0.29, 0.717) is 11.4 Å². The molecule has 0 amide bonds. The zero-order chi connectivity index (χ0) is 19.4. The van der Waals surface area contributed by atoms with Crippen molar-refractivity contribution in [2.45, 2.75) is 11.8 Å². The van der Waals surface area contributed by atoms with Gasteiger partial charge in [0.15, 0.2) is 0 Å². The molecule has 142 valence electrons. The Morgan fingerprint density at radius 3 is 2.19 bits per heavy atom. The van der Waals surface area contributed by atoms with E-state index in [1.54, 1.807) is 36.4 Å². The lowest BCUT2D eigenvalue weighted by Crippen LogP contribution is -2.38. The van der Waals surface area contributed by atoms with Crippen LogP contribution in [0.1, 0.15) is 5.56 Å². The van der Waals surface area contributed by atoms with Gasteiger partial charge in [-0.2, -0.15) is 0 Å². The Morgan fingerprint density at radius 2 is 1.62 bits per heavy atom. The van der Waals surface area contributed by atoms with E-state index < -0.39 is 20.0 Å². The average molecular weight is 399 g/mol. The van der Waals surface area contributed by atoms with E-state index in [9.17, 15) is 16.8 Å². The molecule has 0 atom stereocenters. The summed E-state index contributed by atoms with van der Waals surface area (Å²) in [5.41, 5.74) is 1.30. The van der Waals surface area contributed by atoms with Crippen LogP contribution in [0, 0.1) is 6.92 Å². The van der Waals surface area contributed by atoms with Crippen LogP contribution in [0.4, 0.5) is 5.69 Å². The van der Waals surface area contributed by atoms with Gasteiger partial charge in [-0.15, -0.1) is 0 Å². The number of aryl methyl sites for hydroxylation is 1. The maximum Gasteiger partial charge on any atom is 0.240 e. The Balaban J connectivity index is 2.17. The van der Waals surface area contributed by atoms with Crippen molar-refractivity contribution in [2.75, 3.05) is 30.8 Å². The second-order valence-corrected chi connectivity index (χ2v) is 9.39. The minimum absolute atomic E-state index is 0.0652. The number of rotatable bonds is 8. The maximum atomic E-state index is 12.3. The van der Waals surface area contributed by atoms with Crippen LogP contribution in [-0.4, -0.2) is 43.3 Å². The normalized spacial score (nSPS) is 12.0. The molecular formula is C17H22N2O5S2. The van der Waals surface area contributed by atoms with Crippen LogP contribution in [0.25, 0.3) is 0 Å². The summed E-state index contributed by atoms with van der Waals surface area (Å²) in [5, 5.41) is 0. The van der Waals surface area contributed by atoms with Gasteiger partial charge in [0.2, 0.25) is 20.0 Å². The van der Waals surface area contributed by atoms with Crippen molar-refractivity contribution >= 4 is 25.7 Å². The summed E-state index contributed by atoms with van der Waals surface area (Å²) in [5.74, 6) is 0.388. The van der Waals surface area contributed by atoms with Crippen LogP contribution >= 0.6 is 0 Å². The van der Waals surface area contributed by atoms with Crippen molar-refractivity contribution in [1.82, 2.24) is 4.72 Å². The fourth-order valence-electron chi connectivity index (χ4n) is 2.38. The lowest BCUT2D eigenvalue weighted by molar-refractivity contribution is 0.415. The predicted molar refractivity (Wildman–Crippen MR) is 102 cm³/mol. The van der Waals surface area contributed by atoms with Crippen molar-refractivity contribution in [3.8, 4) is 5.75 Å². The topological polar surface area (TPSA) is 92.8 Å². The quantitative estimate of drug-likeness (QED) is 0.731. The molecular weight excluding hydrogens is 376 g/mol. The number of methoxy groups -OCH3 is 1. The molecule has 0 heterocycles. The molecule has 0 aromatic heterocycles. The molecule has 0 aliphatic heterocycles. The van der Waals surface area contributed by atoms with Gasteiger partial charge in [0.25, 0.3) is 0 Å². The first-order valence-electron chi connectivity index (χ1n) is 7.82. The Bertz CT molecular complexity index is 955. The minimum Gasteiger partial charge on any atom is -0.495 e. The highest BCUT2D eigenvalue weighted by Gasteiger charge is 2.22. The number of nitrogens with one attached hydrogen (secondary N) is 1. The first-order chi connectivity index (χ1) is 12.1. The summed E-state index contributed by atoms with van der Waals surface area (Å²) >= 11 is 0. The molecule has 0 bridgehead atoms. The summed E-state index contributed by atoms with van der Waals surface area (Å²) in [4.78, 5) is 0.131. The van der Waals surface area contributed by atoms with E-state index in [-0.39, 0.29) is 18.0 Å². The van der Waals surface area contributed by atoms with Gasteiger partial charge in [-0.3, -0.25) is 4.31 Å². The van der Waals surface area contributed by atoms with Gasteiger partial charge in [-0.1, -0.05) is 29.8 Å². The summed E-state index contributed by atoms with van der Waals surface area (Å²) in [6, 6.07) is 13.1. The standard InChI is InChI=1S/C17H22N2O5S2/c1-14-8-10-15(11-9-14)26(22,23)18-12-13-19(25(3,20)21)16-6-4-5-7-17(16)24-2/h4-11,18H,12-13H2,1-3H3. The molecule has 0 aliphatic rings. The van der Waals surface area contributed by atoms with Gasteiger partial charge < -0.3 is 4.74 Å². The zero-order valence-electron chi connectivity index (χ0n) is 14.8. The van der Waals surface area contributed by atoms with Crippen molar-refractivity contribution < 1.29 is 21.6 Å². The third-order valence-corrected chi connectivity index (χ3v) is 6.35. The molecule has 0 aliphatic carbocycles. The highest BCUT2D eigenvalue weighted by atomic mass is 32.2. The number of ether oxygens (including phenoxy) is 1. The molecule has 0 radical (unpaired) electrons. The van der Waals surface area contributed by atoms with Crippen LogP contribution in [0.5, 0.6) is 5.75 Å². The highest BCUT2D eigenvalue weighted by molar-refractivity contribution is 7.92. The minimum atomic E-state index is -3.72. The van der Waals surface area contributed by atoms with Gasteiger partial charge >= 0.3 is 0 Å². The summed E-state index contributed by atoms with van der Waals surface area (Å²) in [6.07, 6.45) is 1.06. The van der Waals surface area contributed by atoms with Crippen molar-refractivity contribution in [2.24, 2.45) is 0 Å². The molecule has 2 rings (SSSR count). The van der Waals surface area contributed by atoms with Gasteiger partial charge in [0, 0.05) is 13.1 Å². The molecule has 0 saturated carbocycles.